The Morgan fingerprint density at radius 3 is 1.50 bits per heavy atom. The molecule has 0 fully saturated rings. The van der Waals surface area contributed by atoms with Crippen LogP contribution in [0.2, 0.25) is 0 Å². The first-order valence-corrected chi connectivity index (χ1v) is 3.05. The molecular formula is C6H14O4. The van der Waals surface area contributed by atoms with Crippen LogP contribution < -0.4 is 0 Å². The van der Waals surface area contributed by atoms with E-state index in [1.165, 1.54) is 0 Å². The Morgan fingerprint density at radius 1 is 0.800 bits per heavy atom. The molecule has 0 aliphatic heterocycles. The van der Waals surface area contributed by atoms with Crippen molar-refractivity contribution in [3.63, 3.8) is 0 Å². The summed E-state index contributed by atoms with van der Waals surface area (Å²) in [6.07, 6.45) is 0. The van der Waals surface area contributed by atoms with Gasteiger partial charge in [-0.2, -0.15) is 0 Å². The maximum Gasteiger partial charge on any atom is 0.146 e. The molecule has 0 unspecified atom stereocenters. The average Bonchev–Trinajstić information content (AvgIpc) is 1.97. The third kappa shape index (κ3) is 7.84. The first kappa shape index (κ1) is 9.84. The van der Waals surface area contributed by atoms with Crippen LogP contribution in [0.1, 0.15) is 0 Å². The molecule has 0 N–H and O–H groups in total. The van der Waals surface area contributed by atoms with Crippen molar-refractivity contribution in [2.75, 3.05) is 41.0 Å². The van der Waals surface area contributed by atoms with E-state index in [9.17, 15) is 0 Å². The van der Waals surface area contributed by atoms with Crippen LogP contribution in [0.25, 0.3) is 0 Å². The molecule has 0 heterocycles. The topological polar surface area (TPSA) is 36.9 Å². The predicted molar refractivity (Wildman–Crippen MR) is 35.7 cm³/mol. The SMILES string of the molecule is COCOCCOCOC. The molecule has 0 bridgehead atoms. The Kier molecular flexibility index (Phi) is 8.70. The highest BCUT2D eigenvalue weighted by molar-refractivity contribution is 4.22. The Morgan fingerprint density at radius 2 is 1.20 bits per heavy atom. The van der Waals surface area contributed by atoms with E-state index in [0.717, 1.165) is 0 Å². The summed E-state index contributed by atoms with van der Waals surface area (Å²) >= 11 is 0. The van der Waals surface area contributed by atoms with Gasteiger partial charge in [-0.1, -0.05) is 0 Å². The first-order chi connectivity index (χ1) is 4.91. The zero-order valence-electron chi connectivity index (χ0n) is 6.46. The second-order valence-corrected chi connectivity index (χ2v) is 1.63. The van der Waals surface area contributed by atoms with E-state index >= 15 is 0 Å². The molecule has 0 atom stereocenters. The maximum absolute atomic E-state index is 4.93. The van der Waals surface area contributed by atoms with Gasteiger partial charge in [-0.3, -0.25) is 0 Å². The van der Waals surface area contributed by atoms with Crippen molar-refractivity contribution in [2.24, 2.45) is 0 Å². The van der Waals surface area contributed by atoms with E-state index < -0.39 is 0 Å². The van der Waals surface area contributed by atoms with Crippen molar-refractivity contribution >= 4 is 0 Å². The third-order valence-electron chi connectivity index (χ3n) is 0.774. The van der Waals surface area contributed by atoms with Crippen LogP contribution in [0.15, 0.2) is 0 Å². The van der Waals surface area contributed by atoms with Crippen molar-refractivity contribution in [2.45, 2.75) is 0 Å². The van der Waals surface area contributed by atoms with E-state index in [1.54, 1.807) is 14.2 Å². The molecule has 0 saturated heterocycles. The minimum atomic E-state index is 0.316. The standard InChI is InChI=1S/C6H14O4/c1-7-5-9-3-4-10-6-8-2/h3-6H2,1-2H3. The Hall–Kier alpha value is -0.160. The van der Waals surface area contributed by atoms with Gasteiger partial charge >= 0.3 is 0 Å². The molecular weight excluding hydrogens is 136 g/mol. The Bertz CT molecular complexity index is 49.7. The smallest absolute Gasteiger partial charge is 0.146 e. The van der Waals surface area contributed by atoms with Gasteiger partial charge in [-0.25, -0.2) is 0 Å². The highest BCUT2D eigenvalue weighted by atomic mass is 16.7. The third-order valence-corrected chi connectivity index (χ3v) is 0.774. The molecule has 0 aliphatic carbocycles. The van der Waals surface area contributed by atoms with Crippen molar-refractivity contribution in [3.8, 4) is 0 Å². The molecule has 0 aromatic rings. The number of ether oxygens (including phenoxy) is 4. The molecule has 4 nitrogen and oxygen atoms in total. The number of hydrogen-bond acceptors (Lipinski definition) is 4. The second kappa shape index (κ2) is 8.84. The van der Waals surface area contributed by atoms with E-state index in [4.69, 9.17) is 9.47 Å². The Labute approximate surface area is 61.0 Å². The summed E-state index contributed by atoms with van der Waals surface area (Å²) in [5.74, 6) is 0. The monoisotopic (exact) mass is 150 g/mol. The summed E-state index contributed by atoms with van der Waals surface area (Å²) in [5.41, 5.74) is 0. The summed E-state index contributed by atoms with van der Waals surface area (Å²) < 4.78 is 19.1. The average molecular weight is 150 g/mol. The number of rotatable bonds is 7. The molecule has 10 heavy (non-hydrogen) atoms. The molecule has 0 amide bonds. The maximum atomic E-state index is 4.93. The van der Waals surface area contributed by atoms with Crippen LogP contribution in [0, 0.1) is 0 Å². The van der Waals surface area contributed by atoms with Gasteiger partial charge in [0.25, 0.3) is 0 Å². The normalized spacial score (nSPS) is 10.2. The molecule has 0 saturated carbocycles. The lowest BCUT2D eigenvalue weighted by Crippen LogP contribution is -2.07. The molecule has 62 valence electrons. The van der Waals surface area contributed by atoms with Gasteiger partial charge in [0, 0.05) is 14.2 Å². The highest BCUT2D eigenvalue weighted by Crippen LogP contribution is 1.78. The summed E-state index contributed by atoms with van der Waals surface area (Å²) in [6.45, 7) is 1.71. The van der Waals surface area contributed by atoms with Crippen molar-refractivity contribution < 1.29 is 18.9 Å². The van der Waals surface area contributed by atoms with Crippen molar-refractivity contribution in [3.05, 3.63) is 0 Å². The molecule has 4 heteroatoms. The minimum absolute atomic E-state index is 0.316. The summed E-state index contributed by atoms with van der Waals surface area (Å²) in [6, 6.07) is 0. The van der Waals surface area contributed by atoms with E-state index in [2.05, 4.69) is 9.47 Å². The van der Waals surface area contributed by atoms with Crippen LogP contribution >= 0.6 is 0 Å². The predicted octanol–water partition coefficient (Wildman–Crippen LogP) is 0.227. The second-order valence-electron chi connectivity index (χ2n) is 1.63. The van der Waals surface area contributed by atoms with Gasteiger partial charge in [-0.05, 0) is 0 Å². The zero-order chi connectivity index (χ0) is 7.66. The van der Waals surface area contributed by atoms with Crippen molar-refractivity contribution in [1.82, 2.24) is 0 Å². The van der Waals surface area contributed by atoms with Crippen LogP contribution in [-0.2, 0) is 18.9 Å². The minimum Gasteiger partial charge on any atom is -0.359 e. The van der Waals surface area contributed by atoms with Gasteiger partial charge in [0.2, 0.25) is 0 Å². The quantitative estimate of drug-likeness (QED) is 0.384. The summed E-state index contributed by atoms with van der Waals surface area (Å²) in [4.78, 5) is 0. The summed E-state index contributed by atoms with van der Waals surface area (Å²) in [5, 5.41) is 0. The van der Waals surface area contributed by atoms with Crippen LogP contribution in [0.4, 0.5) is 0 Å². The lowest BCUT2D eigenvalue weighted by molar-refractivity contribution is -0.0814. The first-order valence-electron chi connectivity index (χ1n) is 3.05. The van der Waals surface area contributed by atoms with Crippen LogP contribution in [-0.4, -0.2) is 41.0 Å². The summed E-state index contributed by atoms with van der Waals surface area (Å²) in [7, 11) is 3.16. The molecule has 0 rings (SSSR count). The van der Waals surface area contributed by atoms with Gasteiger partial charge < -0.3 is 18.9 Å². The Balaban J connectivity index is 2.65. The number of methoxy groups -OCH3 is 2. The molecule has 0 aromatic heterocycles. The van der Waals surface area contributed by atoms with Gasteiger partial charge in [0.15, 0.2) is 0 Å². The fourth-order valence-electron chi connectivity index (χ4n) is 0.402. The van der Waals surface area contributed by atoms with Crippen molar-refractivity contribution in [1.29, 1.82) is 0 Å². The largest absolute Gasteiger partial charge is 0.359 e. The fourth-order valence-corrected chi connectivity index (χ4v) is 0.402. The molecule has 0 aliphatic rings. The zero-order valence-corrected chi connectivity index (χ0v) is 6.46. The van der Waals surface area contributed by atoms with Gasteiger partial charge in [0.05, 0.1) is 13.2 Å². The van der Waals surface area contributed by atoms with Crippen LogP contribution in [0.5, 0.6) is 0 Å². The van der Waals surface area contributed by atoms with E-state index in [1.807, 2.05) is 0 Å². The molecule has 0 spiro atoms. The van der Waals surface area contributed by atoms with E-state index in [0.29, 0.717) is 26.8 Å². The molecule has 0 aromatic carbocycles. The van der Waals surface area contributed by atoms with Crippen LogP contribution in [0.3, 0.4) is 0 Å². The van der Waals surface area contributed by atoms with Gasteiger partial charge in [0.1, 0.15) is 13.6 Å². The number of hydrogen-bond donors (Lipinski definition) is 0. The fraction of sp³-hybridized carbons (Fsp3) is 1.00. The van der Waals surface area contributed by atoms with Gasteiger partial charge in [-0.15, -0.1) is 0 Å². The highest BCUT2D eigenvalue weighted by Gasteiger charge is 1.85. The molecule has 0 radical (unpaired) electrons. The van der Waals surface area contributed by atoms with E-state index in [-0.39, 0.29) is 0 Å². The lowest BCUT2D eigenvalue weighted by Gasteiger charge is -2.02. The lowest BCUT2D eigenvalue weighted by atomic mass is 10.8.